The monoisotopic (exact) mass is 297 g/mol. The number of halogens is 1. The lowest BCUT2D eigenvalue weighted by molar-refractivity contribution is 0.0292. The molecule has 1 saturated heterocycles. The summed E-state index contributed by atoms with van der Waals surface area (Å²) in [5.74, 6) is 0. The van der Waals surface area contributed by atoms with Gasteiger partial charge in [-0.1, -0.05) is 23.7 Å². The third-order valence-corrected chi connectivity index (χ3v) is 3.98. The number of nitrogens with two attached hydrogens (primary N) is 1. The molecule has 3 N–H and O–H groups in total. The molecule has 0 spiro atoms. The van der Waals surface area contributed by atoms with E-state index in [1.165, 1.54) is 0 Å². The zero-order valence-electron chi connectivity index (χ0n) is 11.5. The van der Waals surface area contributed by atoms with Gasteiger partial charge < -0.3 is 20.7 Å². The molecule has 5 nitrogen and oxygen atoms in total. The maximum atomic E-state index is 12.3. The van der Waals surface area contributed by atoms with Crippen molar-refractivity contribution in [1.82, 2.24) is 4.90 Å². The molecule has 2 atom stereocenters. The van der Waals surface area contributed by atoms with Crippen LogP contribution in [0.25, 0.3) is 0 Å². The molecule has 20 heavy (non-hydrogen) atoms. The maximum absolute atomic E-state index is 12.3. The van der Waals surface area contributed by atoms with Crippen LogP contribution in [0.4, 0.5) is 10.5 Å². The summed E-state index contributed by atoms with van der Waals surface area (Å²) in [6, 6.07) is 7.01. The molecule has 1 fully saturated rings. The van der Waals surface area contributed by atoms with Crippen LogP contribution in [0.3, 0.4) is 0 Å². The number of methoxy groups -OCH3 is 1. The Morgan fingerprint density at radius 2 is 2.30 bits per heavy atom. The lowest BCUT2D eigenvalue weighted by atomic mass is 10.00. The molecule has 1 heterocycles. The summed E-state index contributed by atoms with van der Waals surface area (Å²) < 4.78 is 5.35. The summed E-state index contributed by atoms with van der Waals surface area (Å²) in [5, 5.41) is 3.36. The molecule has 1 aliphatic rings. The Labute approximate surface area is 124 Å². The van der Waals surface area contributed by atoms with Gasteiger partial charge in [-0.3, -0.25) is 0 Å². The minimum absolute atomic E-state index is 0.00353. The summed E-state index contributed by atoms with van der Waals surface area (Å²) in [4.78, 5) is 14.1. The van der Waals surface area contributed by atoms with Gasteiger partial charge in [0.15, 0.2) is 0 Å². The SMILES string of the molecule is COC1CCN(C(=O)Nc2ccccc2Cl)C(CN)C1. The number of hydrogen-bond acceptors (Lipinski definition) is 3. The second kappa shape index (κ2) is 6.92. The standard InChI is InChI=1S/C14H20ClN3O2/c1-20-11-6-7-18(10(8-11)9-16)14(19)17-13-5-3-2-4-12(13)15/h2-5,10-11H,6-9,16H2,1H3,(H,17,19). The second-order valence-corrected chi connectivity index (χ2v) is 5.28. The van der Waals surface area contributed by atoms with E-state index in [-0.39, 0.29) is 18.2 Å². The molecule has 0 aliphatic carbocycles. The van der Waals surface area contributed by atoms with Gasteiger partial charge in [-0.25, -0.2) is 4.79 Å². The van der Waals surface area contributed by atoms with E-state index in [1.54, 1.807) is 24.1 Å². The average Bonchev–Trinajstić information content (AvgIpc) is 2.48. The van der Waals surface area contributed by atoms with Crippen LogP contribution in [-0.4, -0.2) is 43.3 Å². The zero-order chi connectivity index (χ0) is 14.5. The number of carbonyl (C=O) groups excluding carboxylic acids is 1. The Morgan fingerprint density at radius 3 is 2.95 bits per heavy atom. The van der Waals surface area contributed by atoms with E-state index in [2.05, 4.69) is 5.32 Å². The minimum Gasteiger partial charge on any atom is -0.381 e. The third-order valence-electron chi connectivity index (χ3n) is 3.65. The Balaban J connectivity index is 2.03. The van der Waals surface area contributed by atoms with E-state index in [9.17, 15) is 4.79 Å². The number of ether oxygens (including phenoxy) is 1. The van der Waals surface area contributed by atoms with Crippen LogP contribution in [0, 0.1) is 0 Å². The molecule has 2 amide bonds. The highest BCUT2D eigenvalue weighted by molar-refractivity contribution is 6.33. The normalized spacial score (nSPS) is 22.6. The van der Waals surface area contributed by atoms with E-state index in [0.29, 0.717) is 23.8 Å². The van der Waals surface area contributed by atoms with Gasteiger partial charge in [-0.2, -0.15) is 0 Å². The quantitative estimate of drug-likeness (QED) is 0.899. The van der Waals surface area contributed by atoms with Gasteiger partial charge in [0.2, 0.25) is 0 Å². The van der Waals surface area contributed by atoms with Gasteiger partial charge in [-0.05, 0) is 25.0 Å². The summed E-state index contributed by atoms with van der Waals surface area (Å²) >= 11 is 6.05. The molecule has 110 valence electrons. The summed E-state index contributed by atoms with van der Waals surface area (Å²) in [6.45, 7) is 1.06. The Bertz CT molecular complexity index is 469. The molecule has 0 saturated carbocycles. The molecule has 1 aliphatic heterocycles. The van der Waals surface area contributed by atoms with Crippen molar-refractivity contribution in [2.45, 2.75) is 25.0 Å². The van der Waals surface area contributed by atoms with Crippen molar-refractivity contribution in [3.05, 3.63) is 29.3 Å². The lowest BCUT2D eigenvalue weighted by Gasteiger charge is -2.38. The van der Waals surface area contributed by atoms with E-state index in [0.717, 1.165) is 12.8 Å². The zero-order valence-corrected chi connectivity index (χ0v) is 12.3. The highest BCUT2D eigenvalue weighted by Crippen LogP contribution is 2.23. The van der Waals surface area contributed by atoms with Crippen LogP contribution in [0.1, 0.15) is 12.8 Å². The number of piperidine rings is 1. The highest BCUT2D eigenvalue weighted by Gasteiger charge is 2.30. The van der Waals surface area contributed by atoms with Gasteiger partial charge >= 0.3 is 6.03 Å². The third kappa shape index (κ3) is 3.42. The van der Waals surface area contributed by atoms with Crippen molar-refractivity contribution >= 4 is 23.3 Å². The predicted octanol–water partition coefficient (Wildman–Crippen LogP) is 2.31. The van der Waals surface area contributed by atoms with E-state index < -0.39 is 0 Å². The van der Waals surface area contributed by atoms with Crippen molar-refractivity contribution in [2.75, 3.05) is 25.5 Å². The smallest absolute Gasteiger partial charge is 0.322 e. The summed E-state index contributed by atoms with van der Waals surface area (Å²) in [7, 11) is 1.69. The van der Waals surface area contributed by atoms with Crippen molar-refractivity contribution in [2.24, 2.45) is 5.73 Å². The van der Waals surface area contributed by atoms with Gasteiger partial charge in [0, 0.05) is 26.2 Å². The molecule has 2 rings (SSSR count). The lowest BCUT2D eigenvalue weighted by Crippen LogP contribution is -2.52. The first-order valence-corrected chi connectivity index (χ1v) is 7.08. The minimum atomic E-state index is -0.164. The number of benzene rings is 1. The number of nitrogens with one attached hydrogen (secondary N) is 1. The van der Waals surface area contributed by atoms with Crippen LogP contribution in [-0.2, 0) is 4.74 Å². The molecule has 1 aromatic rings. The van der Waals surface area contributed by atoms with E-state index in [1.807, 2.05) is 12.1 Å². The van der Waals surface area contributed by atoms with Crippen molar-refractivity contribution < 1.29 is 9.53 Å². The van der Waals surface area contributed by atoms with Crippen LogP contribution >= 0.6 is 11.6 Å². The van der Waals surface area contributed by atoms with Gasteiger partial charge in [0.25, 0.3) is 0 Å². The second-order valence-electron chi connectivity index (χ2n) is 4.88. The van der Waals surface area contributed by atoms with Crippen LogP contribution in [0.2, 0.25) is 5.02 Å². The molecule has 0 bridgehead atoms. The number of para-hydroxylation sites is 1. The number of likely N-dealkylation sites (tertiary alicyclic amines) is 1. The van der Waals surface area contributed by atoms with Crippen LogP contribution in [0.15, 0.2) is 24.3 Å². The average molecular weight is 298 g/mol. The van der Waals surface area contributed by atoms with Crippen LogP contribution in [0.5, 0.6) is 0 Å². The number of hydrogen-bond donors (Lipinski definition) is 2. The number of amides is 2. The largest absolute Gasteiger partial charge is 0.381 e. The molecule has 0 radical (unpaired) electrons. The molecule has 2 unspecified atom stereocenters. The summed E-state index contributed by atoms with van der Waals surface area (Å²) in [6.07, 6.45) is 1.76. The fraction of sp³-hybridized carbons (Fsp3) is 0.500. The first-order chi connectivity index (χ1) is 9.65. The molecule has 6 heteroatoms. The fourth-order valence-electron chi connectivity index (χ4n) is 2.47. The van der Waals surface area contributed by atoms with Gasteiger partial charge in [0.1, 0.15) is 0 Å². The van der Waals surface area contributed by atoms with Crippen LogP contribution < -0.4 is 11.1 Å². The molecular formula is C14H20ClN3O2. The number of carbonyl (C=O) groups is 1. The van der Waals surface area contributed by atoms with Crippen molar-refractivity contribution in [1.29, 1.82) is 0 Å². The van der Waals surface area contributed by atoms with Gasteiger partial charge in [-0.15, -0.1) is 0 Å². The Morgan fingerprint density at radius 1 is 1.55 bits per heavy atom. The van der Waals surface area contributed by atoms with E-state index >= 15 is 0 Å². The highest BCUT2D eigenvalue weighted by atomic mass is 35.5. The Kier molecular flexibility index (Phi) is 5.23. The summed E-state index contributed by atoms with van der Waals surface area (Å²) in [5.41, 5.74) is 6.38. The molecule has 0 aromatic heterocycles. The molecule has 1 aromatic carbocycles. The van der Waals surface area contributed by atoms with Crippen molar-refractivity contribution in [3.8, 4) is 0 Å². The van der Waals surface area contributed by atoms with Gasteiger partial charge in [0.05, 0.1) is 16.8 Å². The number of nitrogens with zero attached hydrogens (tertiary/aromatic N) is 1. The van der Waals surface area contributed by atoms with E-state index in [4.69, 9.17) is 22.1 Å². The number of urea groups is 1. The number of anilines is 1. The molecular weight excluding hydrogens is 278 g/mol. The maximum Gasteiger partial charge on any atom is 0.322 e. The van der Waals surface area contributed by atoms with Crippen molar-refractivity contribution in [3.63, 3.8) is 0 Å². The number of rotatable bonds is 3. The first-order valence-electron chi connectivity index (χ1n) is 6.70. The topological polar surface area (TPSA) is 67.6 Å². The predicted molar refractivity (Wildman–Crippen MR) is 80.1 cm³/mol. The first kappa shape index (κ1) is 15.1. The Hall–Kier alpha value is -1.30. The fourth-order valence-corrected chi connectivity index (χ4v) is 2.65.